The van der Waals surface area contributed by atoms with E-state index >= 15 is 0 Å². The van der Waals surface area contributed by atoms with Crippen LogP contribution < -0.4 is 10.6 Å². The van der Waals surface area contributed by atoms with E-state index < -0.39 is 54.0 Å². The number of fused-ring (bicyclic) bond motifs is 1. The summed E-state index contributed by atoms with van der Waals surface area (Å²) in [5.74, 6) is -1.33. The quantitative estimate of drug-likeness (QED) is 0.392. The smallest absolute Gasteiger partial charge is 0.408 e. The summed E-state index contributed by atoms with van der Waals surface area (Å²) in [5.41, 5.74) is 0.522. The molecule has 2 aliphatic heterocycles. The summed E-state index contributed by atoms with van der Waals surface area (Å²) < 4.78 is 29.2. The van der Waals surface area contributed by atoms with E-state index in [1.165, 1.54) is 0 Å². The molecule has 0 aromatic heterocycles. The van der Waals surface area contributed by atoms with Gasteiger partial charge in [0.05, 0.1) is 11.6 Å². The molecule has 2 fully saturated rings. The second kappa shape index (κ2) is 11.4. The van der Waals surface area contributed by atoms with E-state index in [4.69, 9.17) is 35.9 Å². The second-order valence-electron chi connectivity index (χ2n) is 10.6. The van der Waals surface area contributed by atoms with E-state index in [2.05, 4.69) is 10.6 Å². The van der Waals surface area contributed by atoms with E-state index in [-0.39, 0.29) is 6.61 Å². The Morgan fingerprint density at radius 1 is 1.03 bits per heavy atom. The van der Waals surface area contributed by atoms with Crippen LogP contribution in [0.2, 0.25) is 0 Å². The normalized spacial score (nSPS) is 24.7. The number of carbonyl (C=O) groups excluding carboxylic acids is 2. The zero-order valence-electron chi connectivity index (χ0n) is 22.1. The molecule has 0 unspecified atom stereocenters. The molecular weight excluding hydrogens is 508 g/mol. The van der Waals surface area contributed by atoms with E-state index in [1.807, 2.05) is 36.4 Å². The fourth-order valence-electron chi connectivity index (χ4n) is 4.33. The number of thiocarbonyl (C=S) groups is 1. The Morgan fingerprint density at radius 3 is 2.29 bits per heavy atom. The van der Waals surface area contributed by atoms with Gasteiger partial charge in [0.2, 0.25) is 0 Å². The van der Waals surface area contributed by atoms with Crippen LogP contribution in [0.25, 0.3) is 0 Å². The summed E-state index contributed by atoms with van der Waals surface area (Å²) in [5, 5.41) is 6.17. The van der Waals surface area contributed by atoms with E-state index in [1.54, 1.807) is 58.9 Å². The summed E-state index contributed by atoms with van der Waals surface area (Å²) >= 11 is 5.80. The van der Waals surface area contributed by atoms with Crippen LogP contribution >= 0.6 is 12.2 Å². The molecule has 5 atom stereocenters. The molecule has 0 spiro atoms. The maximum atomic E-state index is 12.7. The standard InChI is InChI=1S/C28H34N2O7S/c1-27(2,3)37-26(32)30-20(17-12-8-6-9-13-17)23(38)29-21-19(34-25-22(21)35-28(4,5)36-25)16-33-24(31)18-14-10-7-11-15-18/h6-15,19-22,25H,16H2,1-5H3,(H,29,38)(H,30,32)/t19-,20+,21+,22-,25-/m1/s1. The molecule has 0 saturated carbocycles. The van der Waals surface area contributed by atoms with Crippen molar-refractivity contribution < 1.29 is 33.3 Å². The third-order valence-electron chi connectivity index (χ3n) is 5.90. The third kappa shape index (κ3) is 7.08. The van der Waals surface area contributed by atoms with Crippen molar-refractivity contribution in [1.82, 2.24) is 10.6 Å². The number of rotatable bonds is 7. The van der Waals surface area contributed by atoms with Crippen LogP contribution in [0.5, 0.6) is 0 Å². The van der Waals surface area contributed by atoms with Gasteiger partial charge in [-0.15, -0.1) is 0 Å². The van der Waals surface area contributed by atoms with Gasteiger partial charge >= 0.3 is 12.1 Å². The predicted molar refractivity (Wildman–Crippen MR) is 143 cm³/mol. The lowest BCUT2D eigenvalue weighted by Gasteiger charge is -2.30. The van der Waals surface area contributed by atoms with Gasteiger partial charge in [-0.25, -0.2) is 9.59 Å². The number of hydrogen-bond donors (Lipinski definition) is 2. The van der Waals surface area contributed by atoms with Gasteiger partial charge in [-0.2, -0.15) is 0 Å². The van der Waals surface area contributed by atoms with Crippen LogP contribution in [0.15, 0.2) is 60.7 Å². The molecule has 1 amide bonds. The molecule has 9 nitrogen and oxygen atoms in total. The van der Waals surface area contributed by atoms with E-state index in [0.717, 1.165) is 5.56 Å². The predicted octanol–water partition coefficient (Wildman–Crippen LogP) is 4.27. The van der Waals surface area contributed by atoms with Gasteiger partial charge in [-0.05, 0) is 52.3 Å². The average molecular weight is 543 g/mol. The Balaban J connectivity index is 1.51. The Hall–Kier alpha value is -3.05. The molecule has 4 rings (SSSR count). The molecule has 2 heterocycles. The minimum Gasteiger partial charge on any atom is -0.459 e. The van der Waals surface area contributed by atoms with Crippen molar-refractivity contribution in [2.75, 3.05) is 6.61 Å². The molecule has 2 aromatic rings. The zero-order chi connectivity index (χ0) is 27.5. The van der Waals surface area contributed by atoms with Crippen LogP contribution in [0.4, 0.5) is 4.79 Å². The highest BCUT2D eigenvalue weighted by atomic mass is 32.1. The minimum absolute atomic E-state index is 0.0519. The molecule has 2 aliphatic rings. The van der Waals surface area contributed by atoms with Crippen molar-refractivity contribution in [2.45, 2.75) is 76.6 Å². The highest BCUT2D eigenvalue weighted by molar-refractivity contribution is 7.80. The lowest BCUT2D eigenvalue weighted by molar-refractivity contribution is -0.210. The Bertz CT molecular complexity index is 1140. The van der Waals surface area contributed by atoms with Crippen molar-refractivity contribution in [3.8, 4) is 0 Å². The molecule has 2 N–H and O–H groups in total. The van der Waals surface area contributed by atoms with Crippen LogP contribution in [0.3, 0.4) is 0 Å². The van der Waals surface area contributed by atoms with Crippen LogP contribution in [-0.2, 0) is 23.7 Å². The maximum absolute atomic E-state index is 12.7. The zero-order valence-corrected chi connectivity index (χ0v) is 22.9. The monoisotopic (exact) mass is 542 g/mol. The lowest BCUT2D eigenvalue weighted by Crippen LogP contribution is -2.52. The van der Waals surface area contributed by atoms with Crippen LogP contribution in [0, 0.1) is 0 Å². The summed E-state index contributed by atoms with van der Waals surface area (Å²) in [7, 11) is 0. The first-order chi connectivity index (χ1) is 17.9. The number of ether oxygens (including phenoxy) is 5. The SMILES string of the molecule is CC(C)(C)OC(=O)N[C@H](C(=S)N[C@@H]1[C@H]2OC(C)(C)O[C@H]2O[C@@H]1COC(=O)c1ccccc1)c1ccccc1. The minimum atomic E-state index is -0.865. The fraction of sp³-hybridized carbons (Fsp3) is 0.464. The third-order valence-corrected chi connectivity index (χ3v) is 6.26. The maximum Gasteiger partial charge on any atom is 0.408 e. The molecule has 2 saturated heterocycles. The summed E-state index contributed by atoms with van der Waals surface area (Å²) in [6, 6.07) is 16.8. The Labute approximate surface area is 228 Å². The molecule has 2 aromatic carbocycles. The molecule has 0 bridgehead atoms. The molecule has 204 valence electrons. The first-order valence-corrected chi connectivity index (χ1v) is 12.9. The van der Waals surface area contributed by atoms with Crippen molar-refractivity contribution >= 4 is 29.3 Å². The highest BCUT2D eigenvalue weighted by Crippen LogP contribution is 2.38. The molecular formula is C28H34N2O7S. The van der Waals surface area contributed by atoms with Gasteiger partial charge in [0, 0.05) is 0 Å². The van der Waals surface area contributed by atoms with E-state index in [0.29, 0.717) is 10.6 Å². The van der Waals surface area contributed by atoms with E-state index in [9.17, 15) is 9.59 Å². The largest absolute Gasteiger partial charge is 0.459 e. The number of carbonyl (C=O) groups is 2. The highest BCUT2D eigenvalue weighted by Gasteiger charge is 2.55. The van der Waals surface area contributed by atoms with Crippen molar-refractivity contribution in [3.63, 3.8) is 0 Å². The van der Waals surface area contributed by atoms with Gasteiger partial charge < -0.3 is 34.3 Å². The Morgan fingerprint density at radius 2 is 1.66 bits per heavy atom. The van der Waals surface area contributed by atoms with Crippen molar-refractivity contribution in [2.24, 2.45) is 0 Å². The number of nitrogens with one attached hydrogen (secondary N) is 2. The van der Waals surface area contributed by atoms with Gasteiger partial charge in [0.15, 0.2) is 12.1 Å². The number of amides is 1. The van der Waals surface area contributed by atoms with Gasteiger partial charge in [-0.1, -0.05) is 60.7 Å². The van der Waals surface area contributed by atoms with Gasteiger partial charge in [0.1, 0.15) is 35.4 Å². The first kappa shape index (κ1) is 28.0. The van der Waals surface area contributed by atoms with Crippen LogP contribution in [-0.4, -0.2) is 59.6 Å². The lowest BCUT2D eigenvalue weighted by atomic mass is 10.0. The molecule has 0 radical (unpaired) electrons. The molecule has 0 aliphatic carbocycles. The van der Waals surface area contributed by atoms with Gasteiger partial charge in [0.25, 0.3) is 0 Å². The van der Waals surface area contributed by atoms with Crippen molar-refractivity contribution in [1.29, 1.82) is 0 Å². The summed E-state index contributed by atoms with van der Waals surface area (Å²) in [4.78, 5) is 25.6. The first-order valence-electron chi connectivity index (χ1n) is 12.5. The van der Waals surface area contributed by atoms with Crippen molar-refractivity contribution in [3.05, 3.63) is 71.8 Å². The average Bonchev–Trinajstić information content (AvgIpc) is 3.32. The number of benzene rings is 2. The number of hydrogen-bond acceptors (Lipinski definition) is 8. The fourth-order valence-corrected chi connectivity index (χ4v) is 4.66. The number of alkyl carbamates (subject to hydrolysis) is 1. The second-order valence-corrected chi connectivity index (χ2v) is 11.1. The van der Waals surface area contributed by atoms with Crippen LogP contribution in [0.1, 0.15) is 56.6 Å². The topological polar surface area (TPSA) is 104 Å². The summed E-state index contributed by atoms with van der Waals surface area (Å²) in [6.45, 7) is 8.91. The number of esters is 1. The molecule has 38 heavy (non-hydrogen) atoms. The summed E-state index contributed by atoms with van der Waals surface area (Å²) in [6.07, 6.45) is -2.43. The Kier molecular flexibility index (Phi) is 8.37. The molecule has 10 heteroatoms. The van der Waals surface area contributed by atoms with Gasteiger partial charge in [-0.3, -0.25) is 0 Å².